The zero-order chi connectivity index (χ0) is 18.8. The number of halogens is 3. The standard InChI is InChI=1S/C18H22F3N5/c1-8(2)26-15(16-9-3-11(16)13(22)5-9)6-14(25-26)10-4-12(18(19,20)21)17(23)24-7-10/h4,6-9,11,13,16H,3,5,22H2,1-2H3,(H2,23,24)/t9-,11?,13-,16-/m0/s1. The van der Waals surface area contributed by atoms with Crippen LogP contribution < -0.4 is 11.5 Å². The fraction of sp³-hybridized carbons (Fsp3) is 0.556. The molecular formula is C18H22F3N5. The Morgan fingerprint density at radius 3 is 2.50 bits per heavy atom. The summed E-state index contributed by atoms with van der Waals surface area (Å²) in [6.45, 7) is 4.03. The van der Waals surface area contributed by atoms with Gasteiger partial charge in [-0.05, 0) is 50.7 Å². The van der Waals surface area contributed by atoms with Crippen LogP contribution in [0.25, 0.3) is 11.3 Å². The van der Waals surface area contributed by atoms with Gasteiger partial charge < -0.3 is 11.5 Å². The molecule has 4 N–H and O–H groups in total. The second-order valence-electron chi connectivity index (χ2n) is 7.73. The number of aromatic nitrogens is 3. The van der Waals surface area contributed by atoms with Crippen molar-refractivity contribution in [2.24, 2.45) is 17.6 Å². The van der Waals surface area contributed by atoms with Gasteiger partial charge in [0.2, 0.25) is 0 Å². The van der Waals surface area contributed by atoms with Crippen molar-refractivity contribution in [1.82, 2.24) is 14.8 Å². The number of nitrogens with zero attached hydrogens (tertiary/aromatic N) is 3. The highest BCUT2D eigenvalue weighted by Crippen LogP contribution is 2.58. The summed E-state index contributed by atoms with van der Waals surface area (Å²) in [7, 11) is 0. The number of anilines is 1. The smallest absolute Gasteiger partial charge is 0.383 e. The quantitative estimate of drug-likeness (QED) is 0.871. The van der Waals surface area contributed by atoms with Gasteiger partial charge in [0.05, 0.1) is 11.3 Å². The lowest BCUT2D eigenvalue weighted by Gasteiger charge is -2.37. The van der Waals surface area contributed by atoms with Crippen molar-refractivity contribution in [2.75, 3.05) is 5.73 Å². The molecule has 3 aliphatic carbocycles. The zero-order valence-electron chi connectivity index (χ0n) is 14.7. The number of hydrogen-bond donors (Lipinski definition) is 2. The lowest BCUT2D eigenvalue weighted by molar-refractivity contribution is -0.137. The first-order valence-electron chi connectivity index (χ1n) is 8.85. The van der Waals surface area contributed by atoms with Gasteiger partial charge in [0.25, 0.3) is 0 Å². The van der Waals surface area contributed by atoms with Crippen LogP contribution in [0.5, 0.6) is 0 Å². The molecule has 0 aliphatic heterocycles. The summed E-state index contributed by atoms with van der Waals surface area (Å²) in [5, 5.41) is 4.59. The highest BCUT2D eigenvalue weighted by molar-refractivity contribution is 5.63. The third kappa shape index (κ3) is 2.58. The third-order valence-corrected chi connectivity index (χ3v) is 5.78. The summed E-state index contributed by atoms with van der Waals surface area (Å²) < 4.78 is 41.3. The highest BCUT2D eigenvalue weighted by Gasteiger charge is 2.53. The molecule has 2 aromatic heterocycles. The average Bonchev–Trinajstić information content (AvgIpc) is 3.18. The topological polar surface area (TPSA) is 82.8 Å². The Morgan fingerprint density at radius 1 is 1.23 bits per heavy atom. The molecule has 2 aromatic rings. The summed E-state index contributed by atoms with van der Waals surface area (Å²) >= 11 is 0. The molecule has 2 heterocycles. The van der Waals surface area contributed by atoms with Crippen LogP contribution in [-0.2, 0) is 6.18 Å². The molecule has 0 amide bonds. The summed E-state index contributed by atoms with van der Waals surface area (Å²) in [5.41, 5.74) is 12.6. The first kappa shape index (κ1) is 17.3. The van der Waals surface area contributed by atoms with Crippen molar-refractivity contribution in [3.8, 4) is 11.3 Å². The molecule has 2 bridgehead atoms. The molecule has 8 heteroatoms. The van der Waals surface area contributed by atoms with Crippen LogP contribution in [0.15, 0.2) is 18.3 Å². The number of nitrogen functional groups attached to an aromatic ring is 1. The monoisotopic (exact) mass is 365 g/mol. The molecule has 0 spiro atoms. The number of nitrogens with two attached hydrogens (primary N) is 2. The molecule has 1 unspecified atom stereocenters. The van der Waals surface area contributed by atoms with Gasteiger partial charge in [0, 0.05) is 35.5 Å². The van der Waals surface area contributed by atoms with Gasteiger partial charge in [-0.25, -0.2) is 4.98 Å². The van der Waals surface area contributed by atoms with E-state index in [1.807, 2.05) is 24.6 Å². The van der Waals surface area contributed by atoms with Crippen LogP contribution in [0, 0.1) is 11.8 Å². The molecular weight excluding hydrogens is 343 g/mol. The fourth-order valence-electron chi connectivity index (χ4n) is 4.52. The van der Waals surface area contributed by atoms with E-state index in [-0.39, 0.29) is 12.1 Å². The van der Waals surface area contributed by atoms with Gasteiger partial charge in [0.15, 0.2) is 0 Å². The Kier molecular flexibility index (Phi) is 3.80. The number of alkyl halides is 3. The lowest BCUT2D eigenvalue weighted by Crippen LogP contribution is -2.33. The van der Waals surface area contributed by atoms with Crippen molar-refractivity contribution in [3.05, 3.63) is 29.6 Å². The van der Waals surface area contributed by atoms with Crippen LogP contribution in [0.4, 0.5) is 19.0 Å². The van der Waals surface area contributed by atoms with E-state index in [0.29, 0.717) is 29.0 Å². The number of pyridine rings is 1. The Bertz CT molecular complexity index is 842. The van der Waals surface area contributed by atoms with Crippen LogP contribution >= 0.6 is 0 Å². The lowest BCUT2D eigenvalue weighted by atomic mass is 9.70. The van der Waals surface area contributed by atoms with E-state index in [1.54, 1.807) is 0 Å². The maximum atomic E-state index is 13.1. The van der Waals surface area contributed by atoms with Gasteiger partial charge in [-0.3, -0.25) is 4.68 Å². The van der Waals surface area contributed by atoms with Crippen molar-refractivity contribution in [3.63, 3.8) is 0 Å². The Hall–Kier alpha value is -2.09. The summed E-state index contributed by atoms with van der Waals surface area (Å²) in [5.74, 6) is 0.815. The molecule has 5 rings (SSSR count). The minimum absolute atomic E-state index is 0.110. The molecule has 140 valence electrons. The normalized spacial score (nSPS) is 27.8. The van der Waals surface area contributed by atoms with E-state index >= 15 is 0 Å². The third-order valence-electron chi connectivity index (χ3n) is 5.78. The second kappa shape index (κ2) is 5.70. The molecule has 3 saturated carbocycles. The maximum Gasteiger partial charge on any atom is 0.419 e. The zero-order valence-corrected chi connectivity index (χ0v) is 14.7. The van der Waals surface area contributed by atoms with Crippen molar-refractivity contribution in [2.45, 2.75) is 50.9 Å². The molecule has 4 atom stereocenters. The van der Waals surface area contributed by atoms with Crippen molar-refractivity contribution < 1.29 is 13.2 Å². The second-order valence-corrected chi connectivity index (χ2v) is 7.73. The number of hydrogen-bond acceptors (Lipinski definition) is 4. The SMILES string of the molecule is CC(C)n1nc(-c2cnc(N)c(C(F)(F)F)c2)cc1[C@@H]1C2C[C@H]1C[C@@H]2N. The van der Waals surface area contributed by atoms with Crippen LogP contribution in [0.1, 0.15) is 49.9 Å². The molecule has 3 fully saturated rings. The summed E-state index contributed by atoms with van der Waals surface area (Å²) in [6, 6.07) is 3.24. The van der Waals surface area contributed by atoms with Gasteiger partial charge in [-0.15, -0.1) is 0 Å². The predicted molar refractivity (Wildman–Crippen MR) is 92.2 cm³/mol. The molecule has 0 saturated heterocycles. The van der Waals surface area contributed by atoms with E-state index in [9.17, 15) is 13.2 Å². The first-order valence-corrected chi connectivity index (χ1v) is 8.85. The van der Waals surface area contributed by atoms with E-state index in [4.69, 9.17) is 11.5 Å². The van der Waals surface area contributed by atoms with Gasteiger partial charge >= 0.3 is 6.18 Å². The Balaban J connectivity index is 1.76. The maximum absolute atomic E-state index is 13.1. The Labute approximate surface area is 149 Å². The largest absolute Gasteiger partial charge is 0.419 e. The van der Waals surface area contributed by atoms with E-state index in [1.165, 1.54) is 6.20 Å². The molecule has 3 aliphatic rings. The Morgan fingerprint density at radius 2 is 1.96 bits per heavy atom. The molecule has 0 aromatic carbocycles. The highest BCUT2D eigenvalue weighted by atomic mass is 19.4. The van der Waals surface area contributed by atoms with Crippen molar-refractivity contribution in [1.29, 1.82) is 0 Å². The van der Waals surface area contributed by atoms with Gasteiger partial charge in [0.1, 0.15) is 5.82 Å². The van der Waals surface area contributed by atoms with E-state index < -0.39 is 17.6 Å². The van der Waals surface area contributed by atoms with Crippen LogP contribution in [0.2, 0.25) is 0 Å². The predicted octanol–water partition coefficient (Wildman–Crippen LogP) is 3.58. The van der Waals surface area contributed by atoms with Crippen LogP contribution in [-0.4, -0.2) is 20.8 Å². The molecule has 0 radical (unpaired) electrons. The fourth-order valence-corrected chi connectivity index (χ4v) is 4.52. The summed E-state index contributed by atoms with van der Waals surface area (Å²) in [4.78, 5) is 3.73. The number of fused-ring (bicyclic) bond motifs is 1. The van der Waals surface area contributed by atoms with Gasteiger partial charge in [-0.2, -0.15) is 18.3 Å². The van der Waals surface area contributed by atoms with E-state index in [0.717, 1.165) is 24.6 Å². The van der Waals surface area contributed by atoms with E-state index in [2.05, 4.69) is 10.1 Å². The van der Waals surface area contributed by atoms with Crippen molar-refractivity contribution >= 4 is 5.82 Å². The van der Waals surface area contributed by atoms with Crippen LogP contribution in [0.3, 0.4) is 0 Å². The molecule has 5 nitrogen and oxygen atoms in total. The van der Waals surface area contributed by atoms with Gasteiger partial charge in [-0.1, -0.05) is 0 Å². The summed E-state index contributed by atoms with van der Waals surface area (Å²) in [6.07, 6.45) is -1.06. The molecule has 26 heavy (non-hydrogen) atoms. The average molecular weight is 365 g/mol. The minimum atomic E-state index is -4.55. The number of rotatable bonds is 3. The first-order chi connectivity index (χ1) is 12.2. The minimum Gasteiger partial charge on any atom is -0.383 e.